The fourth-order valence-corrected chi connectivity index (χ4v) is 2.16. The van der Waals surface area contributed by atoms with Gasteiger partial charge in [-0.3, -0.25) is 0 Å². The molecule has 3 N–H and O–H groups in total. The molecule has 21 heavy (non-hydrogen) atoms. The molecule has 2 amide bonds. The van der Waals surface area contributed by atoms with E-state index in [-0.39, 0.29) is 10.8 Å². The summed E-state index contributed by atoms with van der Waals surface area (Å²) in [5.41, 5.74) is 1.80. The lowest BCUT2D eigenvalue weighted by Gasteiger charge is -2.09. The van der Waals surface area contributed by atoms with Crippen LogP contribution in [0.15, 0.2) is 53.1 Å². The number of urea groups is 1. The molecule has 0 aliphatic rings. The third-order valence-corrected chi connectivity index (χ3v) is 3.22. The van der Waals surface area contributed by atoms with Crippen molar-refractivity contribution in [1.29, 1.82) is 0 Å². The molecule has 0 unspecified atom stereocenters. The topological polar surface area (TPSA) is 74.5 Å². The van der Waals surface area contributed by atoms with Crippen molar-refractivity contribution in [2.45, 2.75) is 0 Å². The SMILES string of the molecule is O=C(Nc1ccc2occc2c1)Nc1ccc(O)cc1Cl. The van der Waals surface area contributed by atoms with Crippen molar-refractivity contribution in [2.75, 3.05) is 10.6 Å². The monoisotopic (exact) mass is 302 g/mol. The summed E-state index contributed by atoms with van der Waals surface area (Å²) >= 11 is 5.93. The maximum absolute atomic E-state index is 11.9. The van der Waals surface area contributed by atoms with Crippen molar-refractivity contribution in [3.8, 4) is 5.75 Å². The van der Waals surface area contributed by atoms with Crippen molar-refractivity contribution in [3.63, 3.8) is 0 Å². The van der Waals surface area contributed by atoms with Gasteiger partial charge >= 0.3 is 6.03 Å². The van der Waals surface area contributed by atoms with Gasteiger partial charge in [0.1, 0.15) is 11.3 Å². The summed E-state index contributed by atoms with van der Waals surface area (Å²) in [6.07, 6.45) is 1.59. The highest BCUT2D eigenvalue weighted by atomic mass is 35.5. The van der Waals surface area contributed by atoms with Crippen molar-refractivity contribution in [3.05, 3.63) is 53.8 Å². The normalized spacial score (nSPS) is 10.5. The molecular formula is C15H11ClN2O3. The molecule has 0 aliphatic heterocycles. The maximum atomic E-state index is 11.9. The standard InChI is InChI=1S/C15H11ClN2O3/c16-12-8-11(19)2-3-13(12)18-15(20)17-10-1-4-14-9(7-10)5-6-21-14/h1-8,19H,(H2,17,18,20). The molecule has 0 saturated carbocycles. The Hall–Kier alpha value is -2.66. The number of phenols is 1. The maximum Gasteiger partial charge on any atom is 0.323 e. The van der Waals surface area contributed by atoms with Gasteiger partial charge in [0.05, 0.1) is 17.0 Å². The third kappa shape index (κ3) is 2.93. The van der Waals surface area contributed by atoms with Crippen LogP contribution in [0.1, 0.15) is 0 Å². The van der Waals surface area contributed by atoms with Gasteiger partial charge in [-0.2, -0.15) is 0 Å². The van der Waals surface area contributed by atoms with E-state index in [1.54, 1.807) is 24.5 Å². The molecule has 0 bridgehead atoms. The van der Waals surface area contributed by atoms with Crippen LogP contribution in [0.4, 0.5) is 16.2 Å². The summed E-state index contributed by atoms with van der Waals surface area (Å²) in [7, 11) is 0. The summed E-state index contributed by atoms with van der Waals surface area (Å²) in [5, 5.41) is 15.7. The van der Waals surface area contributed by atoms with E-state index in [2.05, 4.69) is 10.6 Å². The van der Waals surface area contributed by atoms with Crippen LogP contribution < -0.4 is 10.6 Å². The second kappa shape index (κ2) is 5.38. The van der Waals surface area contributed by atoms with Crippen LogP contribution in [0.2, 0.25) is 5.02 Å². The number of halogens is 1. The van der Waals surface area contributed by atoms with Crippen LogP contribution in [0, 0.1) is 0 Å². The average Bonchev–Trinajstić information content (AvgIpc) is 2.89. The minimum absolute atomic E-state index is 0.0383. The van der Waals surface area contributed by atoms with Crippen molar-refractivity contribution in [2.24, 2.45) is 0 Å². The van der Waals surface area contributed by atoms with Gasteiger partial charge in [-0.05, 0) is 36.4 Å². The first kappa shape index (κ1) is 13.3. The second-order valence-corrected chi connectivity index (χ2v) is 4.82. The lowest BCUT2D eigenvalue weighted by Crippen LogP contribution is -2.19. The number of nitrogens with one attached hydrogen (secondary N) is 2. The number of fused-ring (bicyclic) bond motifs is 1. The Balaban J connectivity index is 1.73. The highest BCUT2D eigenvalue weighted by molar-refractivity contribution is 6.34. The molecule has 2 aromatic carbocycles. The van der Waals surface area contributed by atoms with E-state index in [0.29, 0.717) is 11.4 Å². The lowest BCUT2D eigenvalue weighted by molar-refractivity contribution is 0.262. The van der Waals surface area contributed by atoms with Gasteiger partial charge in [0.25, 0.3) is 0 Å². The number of carbonyl (C=O) groups is 1. The quantitative estimate of drug-likeness (QED) is 0.613. The van der Waals surface area contributed by atoms with Crippen LogP contribution in [0.25, 0.3) is 11.0 Å². The molecule has 0 aliphatic carbocycles. The van der Waals surface area contributed by atoms with Crippen LogP contribution in [-0.2, 0) is 0 Å². The van der Waals surface area contributed by atoms with Crippen LogP contribution in [-0.4, -0.2) is 11.1 Å². The number of phenolic OH excluding ortho intramolecular Hbond substituents is 1. The zero-order chi connectivity index (χ0) is 14.8. The van der Waals surface area contributed by atoms with Gasteiger partial charge in [-0.1, -0.05) is 11.6 Å². The van der Waals surface area contributed by atoms with Crippen LogP contribution in [0.3, 0.4) is 0 Å². The van der Waals surface area contributed by atoms with E-state index in [4.69, 9.17) is 16.0 Å². The van der Waals surface area contributed by atoms with Gasteiger partial charge in [0.15, 0.2) is 0 Å². The first-order valence-electron chi connectivity index (χ1n) is 6.15. The molecule has 0 atom stereocenters. The Morgan fingerprint density at radius 2 is 1.95 bits per heavy atom. The molecule has 0 saturated heterocycles. The van der Waals surface area contributed by atoms with Crippen molar-refractivity contribution in [1.82, 2.24) is 0 Å². The molecule has 1 heterocycles. The highest BCUT2D eigenvalue weighted by Gasteiger charge is 2.07. The Kier molecular flexibility index (Phi) is 3.41. The molecule has 0 fully saturated rings. The summed E-state index contributed by atoms with van der Waals surface area (Å²) in [6, 6.07) is 11.0. The lowest BCUT2D eigenvalue weighted by atomic mass is 10.2. The minimum Gasteiger partial charge on any atom is -0.508 e. The zero-order valence-corrected chi connectivity index (χ0v) is 11.5. The van der Waals surface area contributed by atoms with Gasteiger partial charge in [0, 0.05) is 17.1 Å². The first-order chi connectivity index (χ1) is 10.1. The van der Waals surface area contributed by atoms with E-state index in [9.17, 15) is 9.90 Å². The smallest absolute Gasteiger partial charge is 0.323 e. The first-order valence-corrected chi connectivity index (χ1v) is 6.53. The zero-order valence-electron chi connectivity index (χ0n) is 10.8. The average molecular weight is 303 g/mol. The number of carbonyl (C=O) groups excluding carboxylic acids is 1. The van der Waals surface area contributed by atoms with E-state index < -0.39 is 6.03 Å². The van der Waals surface area contributed by atoms with Gasteiger partial charge in [-0.25, -0.2) is 4.79 Å². The molecule has 3 aromatic rings. The van der Waals surface area contributed by atoms with E-state index >= 15 is 0 Å². The Labute approximate surface area is 125 Å². The van der Waals surface area contributed by atoms with Crippen molar-refractivity contribution < 1.29 is 14.3 Å². The number of benzene rings is 2. The van der Waals surface area contributed by atoms with Gasteiger partial charge in [-0.15, -0.1) is 0 Å². The molecule has 1 aromatic heterocycles. The number of anilines is 2. The molecule has 3 rings (SSSR count). The predicted molar refractivity (Wildman–Crippen MR) is 82.0 cm³/mol. The van der Waals surface area contributed by atoms with E-state index in [0.717, 1.165) is 11.0 Å². The summed E-state index contributed by atoms with van der Waals surface area (Å²) < 4.78 is 5.23. The summed E-state index contributed by atoms with van der Waals surface area (Å²) in [6.45, 7) is 0. The fraction of sp³-hybridized carbons (Fsp3) is 0. The van der Waals surface area contributed by atoms with Crippen LogP contribution in [0.5, 0.6) is 5.75 Å². The summed E-state index contributed by atoms with van der Waals surface area (Å²) in [5.74, 6) is 0.0383. The van der Waals surface area contributed by atoms with Crippen molar-refractivity contribution >= 4 is 40.0 Å². The molecule has 0 radical (unpaired) electrons. The van der Waals surface area contributed by atoms with Gasteiger partial charge < -0.3 is 20.2 Å². The summed E-state index contributed by atoms with van der Waals surface area (Å²) in [4.78, 5) is 11.9. The molecule has 106 valence electrons. The largest absolute Gasteiger partial charge is 0.508 e. The number of furan rings is 1. The predicted octanol–water partition coefficient (Wildman–Crippen LogP) is 4.44. The Bertz CT molecular complexity index is 814. The number of aromatic hydroxyl groups is 1. The molecule has 5 nitrogen and oxygen atoms in total. The number of rotatable bonds is 2. The Morgan fingerprint density at radius 3 is 2.76 bits per heavy atom. The fourth-order valence-electron chi connectivity index (χ4n) is 1.93. The minimum atomic E-state index is -0.426. The van der Waals surface area contributed by atoms with E-state index in [1.807, 2.05) is 6.07 Å². The number of hydrogen-bond acceptors (Lipinski definition) is 3. The second-order valence-electron chi connectivity index (χ2n) is 4.42. The molecule has 0 spiro atoms. The van der Waals surface area contributed by atoms with Crippen LogP contribution >= 0.6 is 11.6 Å². The number of hydrogen-bond donors (Lipinski definition) is 3. The molecular weight excluding hydrogens is 292 g/mol. The highest BCUT2D eigenvalue weighted by Crippen LogP contribution is 2.26. The molecule has 6 heteroatoms. The third-order valence-electron chi connectivity index (χ3n) is 2.91. The van der Waals surface area contributed by atoms with Gasteiger partial charge in [0.2, 0.25) is 0 Å². The van der Waals surface area contributed by atoms with E-state index in [1.165, 1.54) is 18.2 Å². The Morgan fingerprint density at radius 1 is 1.10 bits per heavy atom. The number of amides is 2.